The lowest BCUT2D eigenvalue weighted by molar-refractivity contribution is 0.577. The quantitative estimate of drug-likeness (QED) is 0.545. The number of nitrogens with zero attached hydrogens (tertiary/aromatic N) is 6. The van der Waals surface area contributed by atoms with E-state index in [1.54, 1.807) is 21.4 Å². The maximum Gasteiger partial charge on any atom is 0.259 e. The molecule has 0 bridgehead atoms. The standard InChI is InChI=1S/C17H24N8O2S/c1-12(2)24-10-17(19-11-24)28(26,27)20-8-7-18-15-5-6-16(22-21-15)25-14(4)9-13(3)23-25/h5-6,9-12,20H,7-8H2,1-4H3,(H,18,21). The summed E-state index contributed by atoms with van der Waals surface area (Å²) in [6.45, 7) is 8.33. The third-order valence-corrected chi connectivity index (χ3v) is 5.40. The molecule has 0 aliphatic heterocycles. The summed E-state index contributed by atoms with van der Waals surface area (Å²) in [5.74, 6) is 1.17. The summed E-state index contributed by atoms with van der Waals surface area (Å²) in [6, 6.07) is 5.69. The first-order valence-electron chi connectivity index (χ1n) is 8.90. The van der Waals surface area contributed by atoms with Gasteiger partial charge in [0.05, 0.1) is 12.0 Å². The number of imidazole rings is 1. The minimum Gasteiger partial charge on any atom is -0.367 e. The van der Waals surface area contributed by atoms with E-state index >= 15 is 0 Å². The van der Waals surface area contributed by atoms with Gasteiger partial charge in [-0.1, -0.05) is 0 Å². The fraction of sp³-hybridized carbons (Fsp3) is 0.412. The van der Waals surface area contributed by atoms with Crippen LogP contribution in [-0.4, -0.2) is 51.0 Å². The molecule has 0 saturated carbocycles. The Labute approximate surface area is 164 Å². The zero-order chi connectivity index (χ0) is 20.3. The first-order chi connectivity index (χ1) is 13.3. The number of anilines is 1. The van der Waals surface area contributed by atoms with Crippen LogP contribution >= 0.6 is 0 Å². The fourth-order valence-corrected chi connectivity index (χ4v) is 3.55. The second-order valence-electron chi connectivity index (χ2n) is 6.69. The van der Waals surface area contributed by atoms with Crippen molar-refractivity contribution in [3.8, 4) is 5.82 Å². The highest BCUT2D eigenvalue weighted by molar-refractivity contribution is 7.89. The molecule has 3 rings (SSSR count). The van der Waals surface area contributed by atoms with Gasteiger partial charge in [-0.2, -0.15) is 5.10 Å². The normalized spacial score (nSPS) is 11.9. The van der Waals surface area contributed by atoms with Gasteiger partial charge in [0, 0.05) is 31.0 Å². The van der Waals surface area contributed by atoms with Gasteiger partial charge in [-0.3, -0.25) is 0 Å². The predicted molar refractivity (Wildman–Crippen MR) is 105 cm³/mol. The summed E-state index contributed by atoms with van der Waals surface area (Å²) in [5, 5.41) is 15.7. The number of nitrogens with one attached hydrogen (secondary N) is 2. The highest BCUT2D eigenvalue weighted by Gasteiger charge is 2.17. The smallest absolute Gasteiger partial charge is 0.259 e. The Balaban J connectivity index is 1.53. The third kappa shape index (κ3) is 4.54. The van der Waals surface area contributed by atoms with Crippen molar-refractivity contribution >= 4 is 15.8 Å². The zero-order valence-electron chi connectivity index (χ0n) is 16.3. The van der Waals surface area contributed by atoms with E-state index < -0.39 is 10.0 Å². The third-order valence-electron chi connectivity index (χ3n) is 4.05. The Hall–Kier alpha value is -2.79. The maximum absolute atomic E-state index is 12.3. The molecule has 0 aliphatic rings. The van der Waals surface area contributed by atoms with Crippen LogP contribution in [0.25, 0.3) is 5.82 Å². The first-order valence-corrected chi connectivity index (χ1v) is 10.4. The topological polar surface area (TPSA) is 120 Å². The van der Waals surface area contributed by atoms with Crippen molar-refractivity contribution in [1.82, 2.24) is 34.3 Å². The van der Waals surface area contributed by atoms with Crippen LogP contribution in [0.3, 0.4) is 0 Å². The van der Waals surface area contributed by atoms with Crippen molar-refractivity contribution in [2.75, 3.05) is 18.4 Å². The monoisotopic (exact) mass is 404 g/mol. The van der Waals surface area contributed by atoms with E-state index in [-0.39, 0.29) is 17.6 Å². The van der Waals surface area contributed by atoms with E-state index in [9.17, 15) is 8.42 Å². The molecule has 0 amide bonds. The van der Waals surface area contributed by atoms with Crippen LogP contribution in [-0.2, 0) is 10.0 Å². The highest BCUT2D eigenvalue weighted by Crippen LogP contribution is 2.11. The summed E-state index contributed by atoms with van der Waals surface area (Å²) in [5.41, 5.74) is 1.88. The molecule has 0 radical (unpaired) electrons. The van der Waals surface area contributed by atoms with E-state index in [1.165, 1.54) is 12.5 Å². The second kappa shape index (κ2) is 8.07. The molecule has 0 spiro atoms. The lowest BCUT2D eigenvalue weighted by Crippen LogP contribution is -2.29. The molecule has 11 heteroatoms. The van der Waals surface area contributed by atoms with Crippen molar-refractivity contribution < 1.29 is 8.42 Å². The average Bonchev–Trinajstić information content (AvgIpc) is 3.27. The summed E-state index contributed by atoms with van der Waals surface area (Å²) < 4.78 is 30.5. The van der Waals surface area contributed by atoms with Crippen LogP contribution in [0.1, 0.15) is 31.3 Å². The molecule has 0 unspecified atom stereocenters. The summed E-state index contributed by atoms with van der Waals surface area (Å²) >= 11 is 0. The lowest BCUT2D eigenvalue weighted by atomic mass is 10.4. The van der Waals surface area contributed by atoms with E-state index in [4.69, 9.17) is 0 Å². The number of sulfonamides is 1. The van der Waals surface area contributed by atoms with E-state index in [2.05, 4.69) is 30.3 Å². The molecule has 10 nitrogen and oxygen atoms in total. The Morgan fingerprint density at radius 2 is 1.93 bits per heavy atom. The van der Waals surface area contributed by atoms with Gasteiger partial charge in [0.1, 0.15) is 5.82 Å². The number of hydrogen-bond donors (Lipinski definition) is 2. The molecule has 28 heavy (non-hydrogen) atoms. The molecule has 150 valence electrons. The van der Waals surface area contributed by atoms with E-state index in [0.717, 1.165) is 11.4 Å². The van der Waals surface area contributed by atoms with Crippen LogP contribution in [0.4, 0.5) is 5.82 Å². The van der Waals surface area contributed by atoms with E-state index in [0.29, 0.717) is 18.2 Å². The largest absolute Gasteiger partial charge is 0.367 e. The Kier molecular flexibility index (Phi) is 5.75. The van der Waals surface area contributed by atoms with Gasteiger partial charge in [0.2, 0.25) is 0 Å². The lowest BCUT2D eigenvalue weighted by Gasteiger charge is -2.08. The number of aromatic nitrogens is 6. The highest BCUT2D eigenvalue weighted by atomic mass is 32.2. The van der Waals surface area contributed by atoms with Gasteiger partial charge < -0.3 is 9.88 Å². The molecule has 0 fully saturated rings. The molecule has 3 heterocycles. The number of aryl methyl sites for hydroxylation is 2. The van der Waals surface area contributed by atoms with Crippen molar-refractivity contribution in [2.45, 2.75) is 38.8 Å². The number of hydrogen-bond acceptors (Lipinski definition) is 7. The molecule has 0 aromatic carbocycles. The van der Waals surface area contributed by atoms with Crippen LogP contribution in [0.15, 0.2) is 35.7 Å². The molecular formula is C17H24N8O2S. The summed E-state index contributed by atoms with van der Waals surface area (Å²) in [7, 11) is -3.64. The van der Waals surface area contributed by atoms with Gasteiger partial charge in [-0.15, -0.1) is 10.2 Å². The van der Waals surface area contributed by atoms with E-state index in [1.807, 2.05) is 33.8 Å². The molecule has 0 saturated heterocycles. The molecule has 0 atom stereocenters. The van der Waals surface area contributed by atoms with Crippen LogP contribution < -0.4 is 10.0 Å². The Morgan fingerprint density at radius 3 is 2.50 bits per heavy atom. The van der Waals surface area contributed by atoms with Gasteiger partial charge in [-0.05, 0) is 45.9 Å². The minimum absolute atomic E-state index is 0.00947. The van der Waals surface area contributed by atoms with Crippen molar-refractivity contribution in [3.05, 3.63) is 42.1 Å². The van der Waals surface area contributed by atoms with Crippen molar-refractivity contribution in [3.63, 3.8) is 0 Å². The van der Waals surface area contributed by atoms with Crippen molar-refractivity contribution in [2.24, 2.45) is 0 Å². The average molecular weight is 405 g/mol. The summed E-state index contributed by atoms with van der Waals surface area (Å²) in [4.78, 5) is 3.95. The number of rotatable bonds is 8. The zero-order valence-corrected chi connectivity index (χ0v) is 17.1. The summed E-state index contributed by atoms with van der Waals surface area (Å²) in [6.07, 6.45) is 3.03. The van der Waals surface area contributed by atoms with Crippen molar-refractivity contribution in [1.29, 1.82) is 0 Å². The molecule has 3 aromatic heterocycles. The predicted octanol–water partition coefficient (Wildman–Crippen LogP) is 1.45. The van der Waals surface area contributed by atoms with Gasteiger partial charge >= 0.3 is 0 Å². The van der Waals surface area contributed by atoms with Gasteiger partial charge in [0.25, 0.3) is 10.0 Å². The molecule has 2 N–H and O–H groups in total. The Bertz CT molecular complexity index is 1040. The SMILES string of the molecule is Cc1cc(C)n(-c2ccc(NCCNS(=O)(=O)c3cn(C(C)C)cn3)nn2)n1. The fourth-order valence-electron chi connectivity index (χ4n) is 2.58. The second-order valence-corrected chi connectivity index (χ2v) is 8.41. The van der Waals surface area contributed by atoms with Gasteiger partial charge in [-0.25, -0.2) is 22.8 Å². The molecule has 0 aliphatic carbocycles. The van der Waals surface area contributed by atoms with Crippen LogP contribution in [0, 0.1) is 13.8 Å². The molecular weight excluding hydrogens is 380 g/mol. The molecule has 3 aromatic rings. The van der Waals surface area contributed by atoms with Crippen LogP contribution in [0.2, 0.25) is 0 Å². The maximum atomic E-state index is 12.3. The van der Waals surface area contributed by atoms with Crippen LogP contribution in [0.5, 0.6) is 0 Å². The van der Waals surface area contributed by atoms with Gasteiger partial charge in [0.15, 0.2) is 10.8 Å². The first kappa shape index (κ1) is 20.0. The minimum atomic E-state index is -3.64. The Morgan fingerprint density at radius 1 is 1.14 bits per heavy atom.